The molecule has 0 unspecified atom stereocenters. The topological polar surface area (TPSA) is 102 Å². The van der Waals surface area contributed by atoms with Crippen LogP contribution in [0.4, 0.5) is 0 Å². The fraction of sp³-hybridized carbons (Fsp3) is 0.208. The number of fused-ring (bicyclic) bond motifs is 1. The normalized spacial score (nSPS) is 14.2. The number of carbonyl (C=O) groups is 2. The Morgan fingerprint density at radius 1 is 1.06 bits per heavy atom. The number of carboxylic acid groups (broad SMARTS) is 1. The average molecular weight is 421 g/mol. The molecule has 2 aromatic carbocycles. The predicted octanol–water partition coefficient (Wildman–Crippen LogP) is 4.10. The molecule has 0 bridgehead atoms. The molecule has 1 amide bonds. The second-order valence-electron chi connectivity index (χ2n) is 6.79. The van der Waals surface area contributed by atoms with Crippen LogP contribution in [0.3, 0.4) is 0 Å². The molecular formula is C24H27N3O4. The van der Waals surface area contributed by atoms with Crippen molar-refractivity contribution in [1.29, 1.82) is 0 Å². The highest BCUT2D eigenvalue weighted by atomic mass is 16.4. The van der Waals surface area contributed by atoms with Crippen molar-refractivity contribution in [3.63, 3.8) is 0 Å². The zero-order valence-corrected chi connectivity index (χ0v) is 18.1. The van der Waals surface area contributed by atoms with Gasteiger partial charge in [0.1, 0.15) is 6.54 Å². The van der Waals surface area contributed by atoms with E-state index < -0.39 is 18.4 Å². The quantitative estimate of drug-likeness (QED) is 0.645. The average Bonchev–Trinajstić information content (AvgIpc) is 2.74. The van der Waals surface area contributed by atoms with E-state index in [0.717, 1.165) is 11.1 Å². The second kappa shape index (κ2) is 10.8. The number of rotatable bonds is 4. The number of amides is 1. The molecule has 0 saturated carbocycles. The molecule has 7 heteroatoms. The van der Waals surface area contributed by atoms with Crippen molar-refractivity contribution in [3.8, 4) is 0 Å². The van der Waals surface area contributed by atoms with Gasteiger partial charge in [-0.15, -0.1) is 0 Å². The van der Waals surface area contributed by atoms with Gasteiger partial charge in [0.15, 0.2) is 11.5 Å². The van der Waals surface area contributed by atoms with Gasteiger partial charge in [0.2, 0.25) is 0 Å². The van der Waals surface area contributed by atoms with Crippen molar-refractivity contribution >= 4 is 29.5 Å². The molecule has 31 heavy (non-hydrogen) atoms. The first-order chi connectivity index (χ1) is 14.8. The van der Waals surface area contributed by atoms with E-state index >= 15 is 0 Å². The zero-order chi connectivity index (χ0) is 23.0. The Bertz CT molecular complexity index is 1040. The zero-order valence-electron chi connectivity index (χ0n) is 18.1. The first-order valence-electron chi connectivity index (χ1n) is 9.82. The number of hydrogen-bond acceptors (Lipinski definition) is 5. The number of benzene rings is 2. The minimum Gasteiger partial charge on any atom is -0.505 e. The van der Waals surface area contributed by atoms with Crippen LogP contribution in [0.1, 0.15) is 36.1 Å². The molecule has 3 N–H and O–H groups in total. The fourth-order valence-electron chi connectivity index (χ4n) is 3.14. The van der Waals surface area contributed by atoms with Crippen molar-refractivity contribution in [3.05, 3.63) is 82.6 Å². The third kappa shape index (κ3) is 5.60. The van der Waals surface area contributed by atoms with E-state index in [-0.39, 0.29) is 11.5 Å². The van der Waals surface area contributed by atoms with Gasteiger partial charge in [-0.3, -0.25) is 9.59 Å². The molecule has 1 aliphatic heterocycles. The number of aliphatic hydroxyl groups is 1. The molecule has 0 radical (unpaired) electrons. The minimum absolute atomic E-state index is 0.111. The van der Waals surface area contributed by atoms with Crippen molar-refractivity contribution in [2.75, 3.05) is 6.54 Å². The first-order valence-corrected chi connectivity index (χ1v) is 9.82. The van der Waals surface area contributed by atoms with Crippen LogP contribution < -0.4 is 5.32 Å². The van der Waals surface area contributed by atoms with E-state index in [0.29, 0.717) is 11.3 Å². The molecule has 7 nitrogen and oxygen atoms in total. The summed E-state index contributed by atoms with van der Waals surface area (Å²) < 4.78 is 0. The molecule has 162 valence electrons. The van der Waals surface area contributed by atoms with Crippen molar-refractivity contribution in [2.24, 2.45) is 5.10 Å². The summed E-state index contributed by atoms with van der Waals surface area (Å²) in [5, 5.41) is 27.1. The van der Waals surface area contributed by atoms with Gasteiger partial charge in [-0.05, 0) is 33.3 Å². The molecular weight excluding hydrogens is 394 g/mol. The van der Waals surface area contributed by atoms with Gasteiger partial charge in [0, 0.05) is 17.3 Å². The lowest BCUT2D eigenvalue weighted by molar-refractivity contribution is -0.137. The Morgan fingerprint density at radius 2 is 1.74 bits per heavy atom. The first kappa shape index (κ1) is 23.4. The number of hydrazone groups is 1. The van der Waals surface area contributed by atoms with E-state index in [2.05, 4.69) is 29.5 Å². The Labute approximate surface area is 182 Å². The Kier molecular flexibility index (Phi) is 8.14. The maximum absolute atomic E-state index is 12.4. The summed E-state index contributed by atoms with van der Waals surface area (Å²) in [6.45, 7) is 6.92. The summed E-state index contributed by atoms with van der Waals surface area (Å²) in [6.07, 6.45) is 3.28. The van der Waals surface area contributed by atoms with Crippen molar-refractivity contribution in [1.82, 2.24) is 10.3 Å². The van der Waals surface area contributed by atoms with E-state index in [1.165, 1.54) is 16.8 Å². The molecule has 2 aromatic rings. The van der Waals surface area contributed by atoms with Gasteiger partial charge in [-0.2, -0.15) is 5.10 Å². The third-order valence-corrected chi connectivity index (χ3v) is 4.51. The summed E-state index contributed by atoms with van der Waals surface area (Å²) in [5.74, 6) is -2.13. The number of carbonyl (C=O) groups excluding carboxylic acids is 1. The summed E-state index contributed by atoms with van der Waals surface area (Å²) in [4.78, 5) is 23.1. The van der Waals surface area contributed by atoms with Gasteiger partial charge in [0.25, 0.3) is 5.91 Å². The van der Waals surface area contributed by atoms with E-state index in [1.54, 1.807) is 32.1 Å². The number of hydrogen-bond donors (Lipinski definition) is 3. The summed E-state index contributed by atoms with van der Waals surface area (Å²) in [7, 11) is 0. The minimum atomic E-state index is -1.17. The lowest BCUT2D eigenvalue weighted by Gasteiger charge is -2.31. The highest BCUT2D eigenvalue weighted by Crippen LogP contribution is 2.39. The monoisotopic (exact) mass is 421 g/mol. The molecule has 0 spiro atoms. The van der Waals surface area contributed by atoms with Crippen LogP contribution in [0, 0.1) is 13.8 Å². The lowest BCUT2D eigenvalue weighted by Crippen LogP contribution is -2.37. The van der Waals surface area contributed by atoms with Crippen LogP contribution in [-0.2, 0) is 9.59 Å². The number of nitrogens with zero attached hydrogens (tertiary/aromatic N) is 2. The maximum atomic E-state index is 12.4. The van der Waals surface area contributed by atoms with Crippen LogP contribution in [0.5, 0.6) is 0 Å². The van der Waals surface area contributed by atoms with Crippen LogP contribution in [0.25, 0.3) is 11.5 Å². The van der Waals surface area contributed by atoms with E-state index in [4.69, 9.17) is 5.11 Å². The molecule has 1 heterocycles. The molecule has 0 atom stereocenters. The van der Waals surface area contributed by atoms with Crippen molar-refractivity contribution < 1.29 is 19.8 Å². The standard InChI is InChI=1S/C17H19N3O4.C7H8/c1-4-12-14-10(3)7-6-8-11(14)16(23)15(20(12)19-5-2)17(24)18-9-13(21)22;1-7-5-3-2-4-6-7/h4-8,23H,9H2,1-3H3,(H,18,24)(H,21,22);2-6H,1H3/b12-4+,19-5-;. The summed E-state index contributed by atoms with van der Waals surface area (Å²) in [5.41, 5.74) is 4.06. The van der Waals surface area contributed by atoms with Crippen LogP contribution >= 0.6 is 0 Å². The van der Waals surface area contributed by atoms with Crippen LogP contribution in [0.15, 0.2) is 65.4 Å². The van der Waals surface area contributed by atoms with Gasteiger partial charge in [-0.25, -0.2) is 5.01 Å². The summed E-state index contributed by atoms with van der Waals surface area (Å²) in [6, 6.07) is 15.7. The number of aryl methyl sites for hydroxylation is 2. The number of allylic oxidation sites excluding steroid dienone is 1. The SMILES string of the molecule is C/C=N\N1C(C(=O)NCC(=O)O)=C(O)c2cccc(C)c2/C1=C\C.Cc1ccccc1. The molecule has 0 saturated heterocycles. The largest absolute Gasteiger partial charge is 0.505 e. The number of carboxylic acids is 1. The number of aliphatic hydroxyl groups excluding tert-OH is 1. The molecule has 0 aliphatic carbocycles. The Balaban J connectivity index is 0.000000412. The highest BCUT2D eigenvalue weighted by Gasteiger charge is 2.33. The summed E-state index contributed by atoms with van der Waals surface area (Å²) >= 11 is 0. The highest BCUT2D eigenvalue weighted by molar-refractivity contribution is 6.04. The third-order valence-electron chi connectivity index (χ3n) is 4.51. The molecule has 1 aliphatic rings. The number of nitrogens with one attached hydrogen (secondary N) is 1. The number of aliphatic carboxylic acids is 1. The molecule has 0 fully saturated rings. The Hall–Kier alpha value is -3.87. The van der Waals surface area contributed by atoms with E-state index in [9.17, 15) is 14.7 Å². The van der Waals surface area contributed by atoms with Crippen molar-refractivity contribution in [2.45, 2.75) is 27.7 Å². The second-order valence-corrected chi connectivity index (χ2v) is 6.79. The van der Waals surface area contributed by atoms with Gasteiger partial charge < -0.3 is 15.5 Å². The smallest absolute Gasteiger partial charge is 0.322 e. The molecule has 3 rings (SSSR count). The van der Waals surface area contributed by atoms with Gasteiger partial charge >= 0.3 is 5.97 Å². The van der Waals surface area contributed by atoms with Gasteiger partial charge in [0.05, 0.1) is 5.70 Å². The predicted molar refractivity (Wildman–Crippen MR) is 122 cm³/mol. The van der Waals surface area contributed by atoms with E-state index in [1.807, 2.05) is 31.2 Å². The lowest BCUT2D eigenvalue weighted by atomic mass is 9.93. The van der Waals surface area contributed by atoms with Gasteiger partial charge in [-0.1, -0.05) is 60.2 Å². The Morgan fingerprint density at radius 3 is 2.26 bits per heavy atom. The van der Waals surface area contributed by atoms with Crippen LogP contribution in [-0.4, -0.2) is 39.9 Å². The maximum Gasteiger partial charge on any atom is 0.322 e. The molecule has 0 aromatic heterocycles. The fourth-order valence-corrected chi connectivity index (χ4v) is 3.14. The van der Waals surface area contributed by atoms with Crippen LogP contribution in [0.2, 0.25) is 0 Å².